The highest BCUT2D eigenvalue weighted by atomic mass is 28.4. The molecule has 7 nitrogen and oxygen atoms in total. The first-order chi connectivity index (χ1) is 25.6. The van der Waals surface area contributed by atoms with Crippen LogP contribution in [0.3, 0.4) is 0 Å². The summed E-state index contributed by atoms with van der Waals surface area (Å²) < 4.78 is 24.2. The maximum atomic E-state index is 13.4. The molecule has 280 valence electrons. The molecular weight excluding hydrogens is 679 g/mol. The second-order valence-corrected chi connectivity index (χ2v) is 19.4. The fraction of sp³-hybridized carbons (Fsp3) is 0.378. The Morgan fingerprint density at radius 1 is 0.868 bits per heavy atom. The maximum Gasteiger partial charge on any atom is 0.407 e. The smallest absolute Gasteiger partial charge is 0.407 e. The van der Waals surface area contributed by atoms with Gasteiger partial charge in [-0.25, -0.2) is 4.79 Å². The van der Waals surface area contributed by atoms with E-state index in [1.165, 1.54) is 10.4 Å². The van der Waals surface area contributed by atoms with Crippen molar-refractivity contribution in [3.8, 4) is 11.5 Å². The SMILES string of the molecule is COc1ccc(OC[C@H](C)[C@H]2CCC[C@@]2(C/C=C/C(=O)CCO[Si](c2ccccc2)(c2ccccc2)C(C)(C)C)NC(=O)OCc2ccccc2)cc1. The number of ether oxygens (including phenoxy) is 3. The van der Waals surface area contributed by atoms with E-state index < -0.39 is 19.9 Å². The lowest BCUT2D eigenvalue weighted by Gasteiger charge is -2.43. The number of hydrogen-bond acceptors (Lipinski definition) is 6. The molecule has 0 aliphatic heterocycles. The van der Waals surface area contributed by atoms with Crippen LogP contribution in [0, 0.1) is 11.8 Å². The van der Waals surface area contributed by atoms with E-state index in [4.69, 9.17) is 18.6 Å². The number of alkyl carbamates (subject to hydrolysis) is 1. The molecule has 0 unspecified atom stereocenters. The van der Waals surface area contributed by atoms with Gasteiger partial charge in [0.05, 0.1) is 19.3 Å². The van der Waals surface area contributed by atoms with Crippen molar-refractivity contribution in [3.05, 3.63) is 133 Å². The Bertz CT molecular complexity index is 1720. The Hall–Kier alpha value is -4.66. The zero-order chi connectivity index (χ0) is 37.7. The molecule has 0 bridgehead atoms. The number of carbonyl (C=O) groups excluding carboxylic acids is 2. The molecule has 8 heteroatoms. The Labute approximate surface area is 316 Å². The van der Waals surface area contributed by atoms with Gasteiger partial charge in [0.15, 0.2) is 5.78 Å². The van der Waals surface area contributed by atoms with Crippen LogP contribution in [0.25, 0.3) is 0 Å². The average Bonchev–Trinajstić information content (AvgIpc) is 3.58. The van der Waals surface area contributed by atoms with Gasteiger partial charge in [0, 0.05) is 13.0 Å². The maximum absolute atomic E-state index is 13.4. The van der Waals surface area contributed by atoms with Crippen molar-refractivity contribution in [1.29, 1.82) is 0 Å². The number of carbonyl (C=O) groups is 2. The van der Waals surface area contributed by atoms with Crippen LogP contribution >= 0.6 is 0 Å². The molecule has 1 saturated carbocycles. The van der Waals surface area contributed by atoms with Crippen LogP contribution in [0.4, 0.5) is 4.79 Å². The number of ketones is 1. The number of allylic oxidation sites excluding steroid dienone is 1. The van der Waals surface area contributed by atoms with Gasteiger partial charge in [-0.05, 0) is 82.4 Å². The third-order valence-electron chi connectivity index (χ3n) is 10.5. The molecule has 1 aliphatic rings. The predicted octanol–water partition coefficient (Wildman–Crippen LogP) is 8.66. The van der Waals surface area contributed by atoms with E-state index in [1.807, 2.05) is 72.8 Å². The lowest BCUT2D eigenvalue weighted by Crippen LogP contribution is -2.66. The summed E-state index contributed by atoms with van der Waals surface area (Å²) >= 11 is 0. The normalized spacial score (nSPS) is 18.0. The van der Waals surface area contributed by atoms with Crippen molar-refractivity contribution in [1.82, 2.24) is 5.32 Å². The highest BCUT2D eigenvalue weighted by molar-refractivity contribution is 6.99. The summed E-state index contributed by atoms with van der Waals surface area (Å²) in [6.45, 7) is 9.86. The fourth-order valence-electron chi connectivity index (χ4n) is 7.92. The van der Waals surface area contributed by atoms with Gasteiger partial charge in [0.25, 0.3) is 8.32 Å². The summed E-state index contributed by atoms with van der Waals surface area (Å²) in [5.74, 6) is 1.77. The van der Waals surface area contributed by atoms with Crippen LogP contribution in [-0.2, 0) is 20.6 Å². The molecule has 4 aromatic rings. The second kappa shape index (κ2) is 18.4. The molecule has 3 atom stereocenters. The third kappa shape index (κ3) is 10.1. The van der Waals surface area contributed by atoms with Gasteiger partial charge in [-0.2, -0.15) is 0 Å². The van der Waals surface area contributed by atoms with Gasteiger partial charge in [0.2, 0.25) is 0 Å². The minimum Gasteiger partial charge on any atom is -0.497 e. The summed E-state index contributed by atoms with van der Waals surface area (Å²) in [4.78, 5) is 26.8. The summed E-state index contributed by atoms with van der Waals surface area (Å²) in [6, 6.07) is 38.2. The first-order valence-electron chi connectivity index (χ1n) is 18.8. The Balaban J connectivity index is 1.28. The molecule has 5 rings (SSSR count). The van der Waals surface area contributed by atoms with E-state index in [-0.39, 0.29) is 35.7 Å². The van der Waals surface area contributed by atoms with E-state index >= 15 is 0 Å². The highest BCUT2D eigenvalue weighted by Gasteiger charge is 2.50. The summed E-state index contributed by atoms with van der Waals surface area (Å²) in [5.41, 5.74) is 0.338. The number of nitrogens with one attached hydrogen (secondary N) is 1. The molecule has 4 aromatic carbocycles. The first-order valence-corrected chi connectivity index (χ1v) is 20.7. The van der Waals surface area contributed by atoms with Crippen molar-refractivity contribution >= 4 is 30.6 Å². The van der Waals surface area contributed by atoms with Gasteiger partial charge in [-0.3, -0.25) is 4.79 Å². The summed E-state index contributed by atoms with van der Waals surface area (Å²) in [6.07, 6.45) is 6.56. The highest BCUT2D eigenvalue weighted by Crippen LogP contribution is 2.43. The molecule has 0 radical (unpaired) electrons. The lowest BCUT2D eigenvalue weighted by atomic mass is 9.76. The molecular formula is C45H55NO6Si. The van der Waals surface area contributed by atoms with Gasteiger partial charge < -0.3 is 24.0 Å². The topological polar surface area (TPSA) is 83.1 Å². The third-order valence-corrected chi connectivity index (χ3v) is 15.6. The Morgan fingerprint density at radius 2 is 1.45 bits per heavy atom. The molecule has 1 amide bonds. The fourth-order valence-corrected chi connectivity index (χ4v) is 12.5. The molecule has 0 aromatic heterocycles. The molecule has 0 saturated heterocycles. The summed E-state index contributed by atoms with van der Waals surface area (Å²) in [7, 11) is -1.11. The van der Waals surface area contributed by atoms with Crippen molar-refractivity contribution in [3.63, 3.8) is 0 Å². The van der Waals surface area contributed by atoms with Crippen LogP contribution in [0.15, 0.2) is 127 Å². The number of amides is 1. The van der Waals surface area contributed by atoms with E-state index in [9.17, 15) is 9.59 Å². The summed E-state index contributed by atoms with van der Waals surface area (Å²) in [5, 5.41) is 5.48. The van der Waals surface area contributed by atoms with Crippen LogP contribution in [0.2, 0.25) is 5.04 Å². The van der Waals surface area contributed by atoms with E-state index in [0.29, 0.717) is 19.6 Å². The van der Waals surface area contributed by atoms with Crippen molar-refractivity contribution < 1.29 is 28.2 Å². The van der Waals surface area contributed by atoms with Gasteiger partial charge in [-0.15, -0.1) is 0 Å². The molecule has 53 heavy (non-hydrogen) atoms. The number of methoxy groups -OCH3 is 1. The van der Waals surface area contributed by atoms with Crippen molar-refractivity contribution in [2.24, 2.45) is 11.8 Å². The zero-order valence-corrected chi connectivity index (χ0v) is 32.9. The van der Waals surface area contributed by atoms with Crippen LogP contribution < -0.4 is 25.2 Å². The average molecular weight is 734 g/mol. The number of benzene rings is 4. The lowest BCUT2D eigenvalue weighted by molar-refractivity contribution is -0.115. The predicted molar refractivity (Wildman–Crippen MR) is 214 cm³/mol. The van der Waals surface area contributed by atoms with Crippen LogP contribution in [-0.4, -0.2) is 46.1 Å². The minimum absolute atomic E-state index is 0.00447. The standard InChI is InChI=1S/C45H55NO6Si/c1-35(33-50-39-27-25-38(49-5)26-28-39)42-24-16-31-45(42,46-43(48)51-34-36-17-9-6-10-18-36)30-15-19-37(47)29-32-52-53(44(2,3)4,40-20-11-7-12-21-40)41-22-13-8-14-23-41/h6-15,17-23,25-28,35,42H,16,24,29-34H2,1-5H3,(H,46,48)/b19-15+/t35-,42+,45+/m0/s1. The zero-order valence-electron chi connectivity index (χ0n) is 31.9. The van der Waals surface area contributed by atoms with E-state index in [2.05, 4.69) is 81.5 Å². The monoisotopic (exact) mass is 733 g/mol. The Morgan fingerprint density at radius 3 is 2.04 bits per heavy atom. The largest absolute Gasteiger partial charge is 0.497 e. The van der Waals surface area contributed by atoms with Crippen LogP contribution in [0.1, 0.15) is 65.4 Å². The van der Waals surface area contributed by atoms with Crippen molar-refractivity contribution in [2.45, 2.75) is 77.0 Å². The van der Waals surface area contributed by atoms with E-state index in [1.54, 1.807) is 13.2 Å². The molecule has 1 aliphatic carbocycles. The van der Waals surface area contributed by atoms with E-state index in [0.717, 1.165) is 36.3 Å². The number of hydrogen-bond donors (Lipinski definition) is 1. The van der Waals surface area contributed by atoms with Gasteiger partial charge in [0.1, 0.15) is 18.1 Å². The Kier molecular flexibility index (Phi) is 13.7. The van der Waals surface area contributed by atoms with Gasteiger partial charge in [-0.1, -0.05) is 131 Å². The second-order valence-electron chi connectivity index (χ2n) is 15.1. The molecule has 0 spiro atoms. The van der Waals surface area contributed by atoms with Gasteiger partial charge >= 0.3 is 6.09 Å². The van der Waals surface area contributed by atoms with Crippen LogP contribution in [0.5, 0.6) is 11.5 Å². The van der Waals surface area contributed by atoms with Crippen molar-refractivity contribution in [2.75, 3.05) is 20.3 Å². The molecule has 1 N–H and O–H groups in total. The minimum atomic E-state index is -2.75. The first kappa shape index (κ1) is 39.5. The number of rotatable bonds is 17. The molecule has 0 heterocycles. The quantitative estimate of drug-likeness (QED) is 0.0865. The molecule has 1 fully saturated rings.